The maximum atomic E-state index is 14.1. The van der Waals surface area contributed by atoms with Gasteiger partial charge in [0.2, 0.25) is 5.78 Å². The van der Waals surface area contributed by atoms with Crippen LogP contribution in [-0.2, 0) is 4.79 Å². The van der Waals surface area contributed by atoms with Crippen LogP contribution in [0.25, 0.3) is 10.6 Å². The monoisotopic (exact) mass is 538 g/mol. The fourth-order valence-electron chi connectivity index (χ4n) is 4.69. The molecule has 198 valence electrons. The fraction of sp³-hybridized carbons (Fsp3) is 0.219. The first kappa shape index (κ1) is 26.4. The van der Waals surface area contributed by atoms with Crippen molar-refractivity contribution >= 4 is 28.7 Å². The zero-order valence-corrected chi connectivity index (χ0v) is 23.2. The van der Waals surface area contributed by atoms with Crippen LogP contribution in [0.1, 0.15) is 46.4 Å². The number of Topliss-reactive ketones (excluding diaryl/α,β-unsaturated/α-hetero) is 1. The van der Waals surface area contributed by atoms with E-state index in [4.69, 9.17) is 4.74 Å². The molecule has 0 saturated heterocycles. The van der Waals surface area contributed by atoms with Gasteiger partial charge in [-0.25, -0.2) is 4.98 Å². The van der Waals surface area contributed by atoms with Crippen molar-refractivity contribution < 1.29 is 19.4 Å². The molecule has 3 aromatic carbocycles. The highest BCUT2D eigenvalue weighted by atomic mass is 32.1. The van der Waals surface area contributed by atoms with Crippen molar-refractivity contribution in [2.75, 3.05) is 11.5 Å². The molecule has 2 heterocycles. The van der Waals surface area contributed by atoms with Crippen LogP contribution in [0.4, 0.5) is 5.69 Å². The van der Waals surface area contributed by atoms with E-state index < -0.39 is 23.5 Å². The second-order valence-corrected chi connectivity index (χ2v) is 11.0. The molecule has 0 radical (unpaired) electrons. The van der Waals surface area contributed by atoms with Crippen LogP contribution in [0.3, 0.4) is 0 Å². The van der Waals surface area contributed by atoms with E-state index in [1.165, 1.54) is 16.2 Å². The second kappa shape index (κ2) is 10.9. The van der Waals surface area contributed by atoms with Gasteiger partial charge in [0.25, 0.3) is 5.91 Å². The lowest BCUT2D eigenvalue weighted by Crippen LogP contribution is -2.31. The lowest BCUT2D eigenvalue weighted by molar-refractivity contribution is -0.117. The lowest BCUT2D eigenvalue weighted by Gasteiger charge is -2.28. The van der Waals surface area contributed by atoms with E-state index in [9.17, 15) is 14.7 Å². The molecule has 1 aliphatic heterocycles. The van der Waals surface area contributed by atoms with Crippen LogP contribution in [0.15, 0.2) is 90.2 Å². The minimum absolute atomic E-state index is 0.0563. The van der Waals surface area contributed by atoms with Crippen LogP contribution in [-0.4, -0.2) is 28.4 Å². The van der Waals surface area contributed by atoms with Crippen LogP contribution < -0.4 is 9.64 Å². The molecule has 6 nitrogen and oxygen atoms in total. The number of carbonyl (C=O) groups is 2. The maximum Gasteiger partial charge on any atom is 0.294 e. The summed E-state index contributed by atoms with van der Waals surface area (Å²) in [4.78, 5) is 34.2. The third-order valence-corrected chi connectivity index (χ3v) is 7.86. The predicted molar refractivity (Wildman–Crippen MR) is 154 cm³/mol. The molecular formula is C32H30N2O4S. The summed E-state index contributed by atoms with van der Waals surface area (Å²) >= 11 is 1.27. The van der Waals surface area contributed by atoms with Crippen LogP contribution in [0.2, 0.25) is 0 Å². The van der Waals surface area contributed by atoms with E-state index in [0.29, 0.717) is 39.5 Å². The number of carbonyl (C=O) groups excluding carboxylic acids is 2. The first-order valence-electron chi connectivity index (χ1n) is 12.9. The van der Waals surface area contributed by atoms with Crippen molar-refractivity contribution in [3.63, 3.8) is 0 Å². The van der Waals surface area contributed by atoms with Gasteiger partial charge in [-0.15, -0.1) is 11.3 Å². The number of rotatable bonds is 8. The Morgan fingerprint density at radius 1 is 1.00 bits per heavy atom. The molecule has 7 heteroatoms. The molecule has 0 saturated carbocycles. The summed E-state index contributed by atoms with van der Waals surface area (Å²) < 4.78 is 5.81. The second-order valence-electron chi connectivity index (χ2n) is 10.0. The number of aliphatic hydroxyl groups excluding tert-OH is 1. The van der Waals surface area contributed by atoms with Crippen molar-refractivity contribution in [2.45, 2.75) is 33.7 Å². The Morgan fingerprint density at radius 3 is 2.33 bits per heavy atom. The SMILES string of the molecule is Cc1ccccc1C1C(C(=O)c2sc(-c3ccccc3)nc2C)=C(O)C(=O)N1c1ccc(OCC(C)C)cc1. The highest BCUT2D eigenvalue weighted by molar-refractivity contribution is 7.17. The van der Waals surface area contributed by atoms with Crippen LogP contribution >= 0.6 is 11.3 Å². The minimum atomic E-state index is -0.796. The molecule has 1 atom stereocenters. The maximum absolute atomic E-state index is 14.1. The molecule has 39 heavy (non-hydrogen) atoms. The third kappa shape index (κ3) is 5.10. The van der Waals surface area contributed by atoms with Crippen molar-refractivity contribution in [3.05, 3.63) is 112 Å². The number of amides is 1. The topological polar surface area (TPSA) is 79.7 Å². The number of aromatic nitrogens is 1. The Morgan fingerprint density at radius 2 is 1.67 bits per heavy atom. The van der Waals surface area contributed by atoms with Gasteiger partial charge in [0.05, 0.1) is 28.8 Å². The third-order valence-electron chi connectivity index (χ3n) is 6.66. The van der Waals surface area contributed by atoms with Gasteiger partial charge in [0.15, 0.2) is 5.76 Å². The minimum Gasteiger partial charge on any atom is -0.503 e. The van der Waals surface area contributed by atoms with Crippen molar-refractivity contribution in [1.82, 2.24) is 4.98 Å². The van der Waals surface area contributed by atoms with Gasteiger partial charge in [-0.2, -0.15) is 0 Å². The molecule has 1 amide bonds. The zero-order chi connectivity index (χ0) is 27.7. The molecular weight excluding hydrogens is 508 g/mol. The number of hydrogen-bond donors (Lipinski definition) is 1. The van der Waals surface area contributed by atoms with Gasteiger partial charge >= 0.3 is 0 Å². The summed E-state index contributed by atoms with van der Waals surface area (Å²) in [6, 6.07) is 23.6. The van der Waals surface area contributed by atoms with Gasteiger partial charge in [-0.1, -0.05) is 68.4 Å². The first-order valence-corrected chi connectivity index (χ1v) is 13.7. The number of ether oxygens (including phenoxy) is 1. The van der Waals surface area contributed by atoms with Crippen molar-refractivity contribution in [3.8, 4) is 16.3 Å². The molecule has 1 N–H and O–H groups in total. The van der Waals surface area contributed by atoms with E-state index in [1.807, 2.05) is 61.5 Å². The quantitative estimate of drug-likeness (QED) is 0.239. The number of ketones is 1. The van der Waals surface area contributed by atoms with Gasteiger partial charge in [0.1, 0.15) is 10.8 Å². The largest absolute Gasteiger partial charge is 0.503 e. The molecule has 5 rings (SSSR count). The number of hydrogen-bond acceptors (Lipinski definition) is 6. The summed E-state index contributed by atoms with van der Waals surface area (Å²) in [6.45, 7) is 8.44. The van der Waals surface area contributed by atoms with E-state index in [-0.39, 0.29) is 5.57 Å². The van der Waals surface area contributed by atoms with Crippen molar-refractivity contribution in [1.29, 1.82) is 0 Å². The summed E-state index contributed by atoms with van der Waals surface area (Å²) in [5, 5.41) is 11.9. The molecule has 1 aliphatic rings. The average Bonchev–Trinajstić information content (AvgIpc) is 3.45. The first-order chi connectivity index (χ1) is 18.8. The van der Waals surface area contributed by atoms with Gasteiger partial charge < -0.3 is 9.84 Å². The standard InChI is InChI=1S/C32H30N2O4S/c1-19(2)18-38-24-16-14-23(15-17-24)34-27(25-13-9-8-10-20(25)3)26(29(36)32(34)37)28(35)30-21(4)33-31(39-30)22-11-6-5-7-12-22/h5-17,19,27,36H,18H2,1-4H3. The van der Waals surface area contributed by atoms with E-state index in [0.717, 1.165) is 16.7 Å². The molecule has 0 bridgehead atoms. The normalized spacial score (nSPS) is 15.4. The number of anilines is 1. The van der Waals surface area contributed by atoms with Crippen LogP contribution in [0.5, 0.6) is 5.75 Å². The van der Waals surface area contributed by atoms with Gasteiger partial charge in [-0.05, 0) is 55.2 Å². The molecule has 0 spiro atoms. The van der Waals surface area contributed by atoms with Crippen LogP contribution in [0, 0.1) is 19.8 Å². The predicted octanol–water partition coefficient (Wildman–Crippen LogP) is 7.24. The number of nitrogens with zero attached hydrogens (tertiary/aromatic N) is 2. The number of thiazole rings is 1. The average molecular weight is 539 g/mol. The molecule has 1 aromatic heterocycles. The number of aryl methyl sites for hydroxylation is 2. The fourth-order valence-corrected chi connectivity index (χ4v) is 5.72. The highest BCUT2D eigenvalue weighted by Crippen LogP contribution is 2.44. The smallest absolute Gasteiger partial charge is 0.294 e. The Labute approximate surface area is 232 Å². The Balaban J connectivity index is 1.57. The summed E-state index contributed by atoms with van der Waals surface area (Å²) in [5.41, 5.74) is 3.76. The Kier molecular flexibility index (Phi) is 7.35. The molecule has 0 aliphatic carbocycles. The Hall–Kier alpha value is -4.23. The van der Waals surface area contributed by atoms with E-state index in [2.05, 4.69) is 18.8 Å². The summed E-state index contributed by atoms with van der Waals surface area (Å²) in [7, 11) is 0. The lowest BCUT2D eigenvalue weighted by atomic mass is 9.92. The number of aliphatic hydroxyl groups is 1. The van der Waals surface area contributed by atoms with Crippen molar-refractivity contribution in [2.24, 2.45) is 5.92 Å². The molecule has 4 aromatic rings. The zero-order valence-electron chi connectivity index (χ0n) is 22.3. The van der Waals surface area contributed by atoms with Gasteiger partial charge in [0, 0.05) is 11.3 Å². The number of benzene rings is 3. The van der Waals surface area contributed by atoms with Gasteiger partial charge in [-0.3, -0.25) is 14.5 Å². The summed E-state index contributed by atoms with van der Waals surface area (Å²) in [5.74, 6) is -0.489. The molecule has 1 unspecified atom stereocenters. The van der Waals surface area contributed by atoms with E-state index in [1.54, 1.807) is 31.2 Å². The Bertz CT molecular complexity index is 1550. The summed E-state index contributed by atoms with van der Waals surface area (Å²) in [6.07, 6.45) is 0. The highest BCUT2D eigenvalue weighted by Gasteiger charge is 2.45. The molecule has 0 fully saturated rings. The van der Waals surface area contributed by atoms with E-state index >= 15 is 0 Å².